The highest BCUT2D eigenvalue weighted by Crippen LogP contribution is 2.27. The third kappa shape index (κ3) is 2.71. The third-order valence-corrected chi connectivity index (χ3v) is 2.71. The van der Waals surface area contributed by atoms with Crippen molar-refractivity contribution in [3.05, 3.63) is 11.6 Å². The summed E-state index contributed by atoms with van der Waals surface area (Å²) in [7, 11) is -5.82. The molecule has 0 heterocycles. The molecule has 0 fully saturated rings. The Kier molecular flexibility index (Phi) is 3.08. The third-order valence-electron chi connectivity index (χ3n) is 1.77. The van der Waals surface area contributed by atoms with Gasteiger partial charge in [-0.05, 0) is 19.3 Å². The van der Waals surface area contributed by atoms with Crippen LogP contribution in [-0.2, 0) is 19.1 Å². The molecule has 0 saturated heterocycles. The van der Waals surface area contributed by atoms with Crippen LogP contribution in [0.2, 0.25) is 0 Å². The number of halogens is 3. The summed E-state index contributed by atoms with van der Waals surface area (Å²) in [6.45, 7) is 0. The highest BCUT2D eigenvalue weighted by atomic mass is 32.2. The molecule has 8 heteroatoms. The lowest BCUT2D eigenvalue weighted by Gasteiger charge is -2.07. The van der Waals surface area contributed by atoms with Crippen molar-refractivity contribution in [2.24, 2.45) is 0 Å². The van der Waals surface area contributed by atoms with Gasteiger partial charge in [0.1, 0.15) is 0 Å². The van der Waals surface area contributed by atoms with Gasteiger partial charge in [0, 0.05) is 5.57 Å². The second-order valence-corrected chi connectivity index (χ2v) is 4.43. The zero-order chi connectivity index (χ0) is 11.7. The Labute approximate surface area is 83.8 Å². The molecule has 0 aromatic rings. The second kappa shape index (κ2) is 3.84. The first-order chi connectivity index (χ1) is 6.74. The Balaban J connectivity index is 2.75. The van der Waals surface area contributed by atoms with Crippen molar-refractivity contribution in [2.75, 3.05) is 0 Å². The van der Waals surface area contributed by atoms with Crippen molar-refractivity contribution in [3.63, 3.8) is 0 Å². The summed E-state index contributed by atoms with van der Waals surface area (Å²) in [4.78, 5) is 10.9. The van der Waals surface area contributed by atoms with E-state index >= 15 is 0 Å². The topological polar surface area (TPSA) is 60.4 Å². The molecule has 0 radical (unpaired) electrons. The summed E-state index contributed by atoms with van der Waals surface area (Å²) in [6, 6.07) is 0. The number of allylic oxidation sites excluding steroid dienone is 1. The first-order valence-electron chi connectivity index (χ1n) is 3.98. The van der Waals surface area contributed by atoms with Gasteiger partial charge in [0.15, 0.2) is 0 Å². The maximum atomic E-state index is 11.8. The monoisotopic (exact) mass is 244 g/mol. The Hall–Kier alpha value is -1.05. The second-order valence-electron chi connectivity index (χ2n) is 2.89. The van der Waals surface area contributed by atoms with E-state index in [0.29, 0.717) is 12.8 Å². The normalized spacial score (nSPS) is 17.4. The van der Waals surface area contributed by atoms with Crippen LogP contribution in [0.25, 0.3) is 0 Å². The van der Waals surface area contributed by atoms with Crippen LogP contribution in [0.1, 0.15) is 19.3 Å². The Morgan fingerprint density at radius 2 is 2.00 bits per heavy atom. The smallest absolute Gasteiger partial charge is 0.335 e. The summed E-state index contributed by atoms with van der Waals surface area (Å²) >= 11 is 0. The van der Waals surface area contributed by atoms with E-state index in [4.69, 9.17) is 0 Å². The van der Waals surface area contributed by atoms with Crippen LogP contribution >= 0.6 is 0 Å². The van der Waals surface area contributed by atoms with Crippen LogP contribution in [-0.4, -0.2) is 19.9 Å². The molecular formula is C7H7F3O4S. The maximum absolute atomic E-state index is 11.8. The molecule has 0 atom stereocenters. The number of alkyl halides is 3. The van der Waals surface area contributed by atoms with Crippen molar-refractivity contribution in [1.29, 1.82) is 0 Å². The molecule has 1 aliphatic carbocycles. The Bertz CT molecular complexity index is 393. The first kappa shape index (κ1) is 12.0. The minimum absolute atomic E-state index is 0.0252. The first-order valence-corrected chi connectivity index (χ1v) is 5.39. The molecule has 4 nitrogen and oxygen atoms in total. The number of carbonyl (C=O) groups is 1. The lowest BCUT2D eigenvalue weighted by molar-refractivity contribution is -0.132. The molecule has 15 heavy (non-hydrogen) atoms. The van der Waals surface area contributed by atoms with Gasteiger partial charge in [0.25, 0.3) is 0 Å². The van der Waals surface area contributed by atoms with Crippen molar-refractivity contribution in [1.82, 2.24) is 0 Å². The highest BCUT2D eigenvalue weighted by molar-refractivity contribution is 7.88. The molecule has 0 amide bonds. The van der Waals surface area contributed by atoms with Gasteiger partial charge in [-0.1, -0.05) is 6.08 Å². The Morgan fingerprint density at radius 1 is 1.40 bits per heavy atom. The summed E-state index contributed by atoms with van der Waals surface area (Å²) in [6.07, 6.45) is 2.76. The number of hydrogen-bond acceptors (Lipinski definition) is 4. The fourth-order valence-electron chi connectivity index (χ4n) is 1.06. The minimum Gasteiger partial charge on any atom is -0.335 e. The molecule has 0 aromatic carbocycles. The van der Waals surface area contributed by atoms with Crippen LogP contribution in [0.5, 0.6) is 0 Å². The molecule has 1 rings (SSSR count). The van der Waals surface area contributed by atoms with E-state index in [2.05, 4.69) is 4.18 Å². The van der Waals surface area contributed by atoms with Gasteiger partial charge in [-0.2, -0.15) is 21.6 Å². The summed E-state index contributed by atoms with van der Waals surface area (Å²) in [5.41, 5.74) is -5.59. The molecule has 0 spiro atoms. The van der Waals surface area contributed by atoms with E-state index in [0.717, 1.165) is 0 Å². The van der Waals surface area contributed by atoms with Gasteiger partial charge >= 0.3 is 21.6 Å². The van der Waals surface area contributed by atoms with Crippen LogP contribution < -0.4 is 0 Å². The molecule has 0 bridgehead atoms. The van der Waals surface area contributed by atoms with Crippen LogP contribution in [0, 0.1) is 0 Å². The number of carbonyl (C=O) groups excluding carboxylic acids is 1. The average molecular weight is 244 g/mol. The quantitative estimate of drug-likeness (QED) is 0.545. The van der Waals surface area contributed by atoms with Gasteiger partial charge < -0.3 is 4.18 Å². The molecule has 0 N–H and O–H groups in total. The highest BCUT2D eigenvalue weighted by Gasteiger charge is 2.49. The van der Waals surface area contributed by atoms with Crippen molar-refractivity contribution >= 4 is 16.1 Å². The van der Waals surface area contributed by atoms with Gasteiger partial charge in [-0.15, -0.1) is 0 Å². The molecule has 1 aliphatic rings. The lowest BCUT2D eigenvalue weighted by atomic mass is 10.2. The van der Waals surface area contributed by atoms with Gasteiger partial charge in [-0.3, -0.25) is 0 Å². The fraction of sp³-hybridized carbons (Fsp3) is 0.571. The molecular weight excluding hydrogens is 237 g/mol. The van der Waals surface area contributed by atoms with E-state index in [9.17, 15) is 26.4 Å². The number of hydrogen-bond donors (Lipinski definition) is 0. The van der Waals surface area contributed by atoms with Crippen LogP contribution in [0.4, 0.5) is 13.2 Å². The number of rotatable bonds is 2. The zero-order valence-electron chi connectivity index (χ0n) is 7.37. The molecule has 0 aromatic heterocycles. The van der Waals surface area contributed by atoms with Crippen LogP contribution in [0.3, 0.4) is 0 Å². The molecule has 0 aliphatic heterocycles. The van der Waals surface area contributed by atoms with E-state index < -0.39 is 21.6 Å². The summed E-state index contributed by atoms with van der Waals surface area (Å²) < 4.78 is 59.7. The summed E-state index contributed by atoms with van der Waals surface area (Å²) in [5, 5.41) is 0. The lowest BCUT2D eigenvalue weighted by Crippen LogP contribution is -2.28. The van der Waals surface area contributed by atoms with Crippen molar-refractivity contribution < 1.29 is 30.6 Å². The fourth-order valence-corrected chi connectivity index (χ4v) is 1.46. The van der Waals surface area contributed by atoms with E-state index in [1.165, 1.54) is 6.08 Å². The maximum Gasteiger partial charge on any atom is 0.534 e. The predicted molar refractivity (Wildman–Crippen MR) is 43.0 cm³/mol. The average Bonchev–Trinajstić information content (AvgIpc) is 2.51. The van der Waals surface area contributed by atoms with Crippen molar-refractivity contribution in [2.45, 2.75) is 24.8 Å². The molecule has 86 valence electrons. The van der Waals surface area contributed by atoms with Crippen molar-refractivity contribution in [3.8, 4) is 0 Å². The standard InChI is InChI=1S/C7H7F3O4S/c8-7(9,10)15(12,13)14-6(11)5-3-1-2-4-5/h3H,1-2,4H2. The van der Waals surface area contributed by atoms with Gasteiger partial charge in [0.05, 0.1) is 0 Å². The summed E-state index contributed by atoms with van der Waals surface area (Å²) in [5.74, 6) is -1.44. The minimum atomic E-state index is -5.82. The van der Waals surface area contributed by atoms with Gasteiger partial charge in [-0.25, -0.2) is 4.79 Å². The SMILES string of the molecule is O=C(OS(=O)(=O)C(F)(F)F)C1=CCCC1. The Morgan fingerprint density at radius 3 is 2.40 bits per heavy atom. The zero-order valence-corrected chi connectivity index (χ0v) is 8.19. The molecule has 0 saturated carbocycles. The largest absolute Gasteiger partial charge is 0.534 e. The van der Waals surface area contributed by atoms with Gasteiger partial charge in [0.2, 0.25) is 0 Å². The van der Waals surface area contributed by atoms with Crippen LogP contribution in [0.15, 0.2) is 11.6 Å². The van der Waals surface area contributed by atoms with E-state index in [-0.39, 0.29) is 12.0 Å². The van der Waals surface area contributed by atoms with E-state index in [1.54, 1.807) is 0 Å². The molecule has 0 unspecified atom stereocenters. The van der Waals surface area contributed by atoms with E-state index in [1.807, 2.05) is 0 Å². The predicted octanol–water partition coefficient (Wildman–Crippen LogP) is 1.49.